The maximum Gasteiger partial charge on any atom is 0.270 e. The quantitative estimate of drug-likeness (QED) is 0.362. The summed E-state index contributed by atoms with van der Waals surface area (Å²) in [6.45, 7) is 8.15. The molecule has 0 aliphatic heterocycles. The summed E-state index contributed by atoms with van der Waals surface area (Å²) < 4.78 is 0. The molecule has 8 nitrogen and oxygen atoms in total. The first-order chi connectivity index (χ1) is 15.1. The number of hydrogen-bond donors (Lipinski definition) is 3. The normalized spacial score (nSPS) is 12.8. The highest BCUT2D eigenvalue weighted by molar-refractivity contribution is 6.34. The standard InChI is InChI=1S/C23H29ClN4O4/c1-14(2)20(26-16-8-6-5-7-9-16)13-25-23(30)21(15(3)4)27-22(29)18-11-10-17(28(31)32)12-19(18)24/h5-12,14-15,20-21,26H,13H2,1-4H3,(H,25,30)(H,27,29). The SMILES string of the molecule is CC(C)C(CNC(=O)C(NC(=O)c1ccc([N+](=O)[O-])cc1Cl)C(C)C)Nc1ccccc1. The third-order valence-corrected chi connectivity index (χ3v) is 5.38. The van der Waals surface area contributed by atoms with E-state index in [1.807, 2.05) is 44.2 Å². The van der Waals surface area contributed by atoms with Gasteiger partial charge in [-0.1, -0.05) is 57.5 Å². The molecule has 0 aliphatic carbocycles. The molecule has 172 valence electrons. The molecule has 0 aromatic heterocycles. The molecule has 0 radical (unpaired) electrons. The molecule has 9 heteroatoms. The number of nitro benzene ring substituents is 1. The second kappa shape index (κ2) is 11.5. The van der Waals surface area contributed by atoms with Gasteiger partial charge in [-0.05, 0) is 30.0 Å². The van der Waals surface area contributed by atoms with Gasteiger partial charge in [0.1, 0.15) is 6.04 Å². The van der Waals surface area contributed by atoms with Crippen molar-refractivity contribution in [2.24, 2.45) is 11.8 Å². The first kappa shape index (κ1) is 25.1. The van der Waals surface area contributed by atoms with E-state index in [1.54, 1.807) is 0 Å². The molecular formula is C23H29ClN4O4. The van der Waals surface area contributed by atoms with E-state index < -0.39 is 16.9 Å². The van der Waals surface area contributed by atoms with E-state index in [0.29, 0.717) is 6.54 Å². The minimum absolute atomic E-state index is 0.00557. The van der Waals surface area contributed by atoms with E-state index >= 15 is 0 Å². The summed E-state index contributed by atoms with van der Waals surface area (Å²) in [5, 5.41) is 19.9. The Hall–Kier alpha value is -3.13. The van der Waals surface area contributed by atoms with Crippen LogP contribution in [0.2, 0.25) is 5.02 Å². The van der Waals surface area contributed by atoms with Crippen LogP contribution in [0.4, 0.5) is 11.4 Å². The van der Waals surface area contributed by atoms with Crippen LogP contribution in [0.1, 0.15) is 38.1 Å². The van der Waals surface area contributed by atoms with Gasteiger partial charge in [0.05, 0.1) is 15.5 Å². The molecule has 0 aliphatic rings. The van der Waals surface area contributed by atoms with E-state index in [9.17, 15) is 19.7 Å². The number of carbonyl (C=O) groups excluding carboxylic acids is 2. The van der Waals surface area contributed by atoms with Gasteiger partial charge >= 0.3 is 0 Å². The van der Waals surface area contributed by atoms with E-state index in [4.69, 9.17) is 11.6 Å². The highest BCUT2D eigenvalue weighted by Gasteiger charge is 2.27. The molecule has 2 amide bonds. The lowest BCUT2D eigenvalue weighted by Crippen LogP contribution is -2.52. The van der Waals surface area contributed by atoms with Gasteiger partial charge < -0.3 is 16.0 Å². The Kier molecular flexibility index (Phi) is 9.02. The van der Waals surface area contributed by atoms with Crippen molar-refractivity contribution in [1.82, 2.24) is 10.6 Å². The molecule has 2 unspecified atom stereocenters. The van der Waals surface area contributed by atoms with E-state index in [-0.39, 0.29) is 40.1 Å². The van der Waals surface area contributed by atoms with Gasteiger partial charge in [-0.25, -0.2) is 0 Å². The molecule has 0 fully saturated rings. The Bertz CT molecular complexity index is 950. The fourth-order valence-electron chi connectivity index (χ4n) is 3.08. The van der Waals surface area contributed by atoms with E-state index in [0.717, 1.165) is 11.8 Å². The van der Waals surface area contributed by atoms with Crippen LogP contribution in [-0.2, 0) is 4.79 Å². The lowest BCUT2D eigenvalue weighted by Gasteiger charge is -2.27. The minimum Gasteiger partial charge on any atom is -0.380 e. The van der Waals surface area contributed by atoms with Gasteiger partial charge in [-0.15, -0.1) is 0 Å². The zero-order chi connectivity index (χ0) is 23.8. The molecule has 0 heterocycles. The van der Waals surface area contributed by atoms with Gasteiger partial charge in [0, 0.05) is 30.4 Å². The van der Waals surface area contributed by atoms with Crippen molar-refractivity contribution in [3.8, 4) is 0 Å². The molecule has 2 aromatic carbocycles. The average molecular weight is 461 g/mol. The Morgan fingerprint density at radius 1 is 1.03 bits per heavy atom. The monoisotopic (exact) mass is 460 g/mol. The van der Waals surface area contributed by atoms with Crippen LogP contribution in [0, 0.1) is 22.0 Å². The van der Waals surface area contributed by atoms with Crippen molar-refractivity contribution in [3.05, 3.63) is 69.2 Å². The van der Waals surface area contributed by atoms with Crippen molar-refractivity contribution >= 4 is 34.8 Å². The number of non-ortho nitro benzene ring substituents is 1. The zero-order valence-corrected chi connectivity index (χ0v) is 19.3. The van der Waals surface area contributed by atoms with Crippen molar-refractivity contribution in [2.75, 3.05) is 11.9 Å². The number of hydrogen-bond acceptors (Lipinski definition) is 5. The summed E-state index contributed by atoms with van der Waals surface area (Å²) in [5.74, 6) is -0.815. The molecule has 0 spiro atoms. The first-order valence-electron chi connectivity index (χ1n) is 10.4. The number of anilines is 1. The van der Waals surface area contributed by atoms with Crippen molar-refractivity contribution < 1.29 is 14.5 Å². The van der Waals surface area contributed by atoms with Crippen LogP contribution >= 0.6 is 11.6 Å². The highest BCUT2D eigenvalue weighted by Crippen LogP contribution is 2.22. The fraction of sp³-hybridized carbons (Fsp3) is 0.391. The smallest absolute Gasteiger partial charge is 0.270 e. The fourth-order valence-corrected chi connectivity index (χ4v) is 3.34. The molecule has 0 saturated heterocycles. The number of nitrogens with zero attached hydrogens (tertiary/aromatic N) is 1. The average Bonchev–Trinajstić information content (AvgIpc) is 2.74. The summed E-state index contributed by atoms with van der Waals surface area (Å²) in [6.07, 6.45) is 0. The molecule has 0 bridgehead atoms. The molecular weight excluding hydrogens is 432 g/mol. The summed E-state index contributed by atoms with van der Waals surface area (Å²) in [4.78, 5) is 35.9. The minimum atomic E-state index is -0.793. The van der Waals surface area contributed by atoms with Crippen LogP contribution < -0.4 is 16.0 Å². The van der Waals surface area contributed by atoms with Gasteiger partial charge in [0.25, 0.3) is 11.6 Å². The Balaban J connectivity index is 2.05. The number of para-hydroxylation sites is 1. The Labute approximate surface area is 192 Å². The van der Waals surface area contributed by atoms with Crippen LogP contribution in [0.5, 0.6) is 0 Å². The molecule has 32 heavy (non-hydrogen) atoms. The van der Waals surface area contributed by atoms with E-state index in [1.165, 1.54) is 12.1 Å². The second-order valence-electron chi connectivity index (χ2n) is 8.22. The molecule has 2 rings (SSSR count). The molecule has 2 atom stereocenters. The zero-order valence-electron chi connectivity index (χ0n) is 18.6. The van der Waals surface area contributed by atoms with Gasteiger partial charge in [-0.3, -0.25) is 19.7 Å². The van der Waals surface area contributed by atoms with Gasteiger partial charge in [0.15, 0.2) is 0 Å². The van der Waals surface area contributed by atoms with Crippen LogP contribution in [0.15, 0.2) is 48.5 Å². The topological polar surface area (TPSA) is 113 Å². The summed E-state index contributed by atoms with van der Waals surface area (Å²) in [6, 6.07) is 12.5. The molecule has 3 N–H and O–H groups in total. The number of carbonyl (C=O) groups is 2. The maximum absolute atomic E-state index is 12.9. The number of nitrogens with one attached hydrogen (secondary N) is 3. The van der Waals surface area contributed by atoms with E-state index in [2.05, 4.69) is 29.8 Å². The predicted octanol–water partition coefficient (Wildman–Crippen LogP) is 4.26. The Morgan fingerprint density at radius 2 is 1.69 bits per heavy atom. The number of amides is 2. The van der Waals surface area contributed by atoms with Crippen molar-refractivity contribution in [3.63, 3.8) is 0 Å². The molecule has 2 aromatic rings. The Morgan fingerprint density at radius 3 is 2.22 bits per heavy atom. The van der Waals surface area contributed by atoms with Crippen molar-refractivity contribution in [2.45, 2.75) is 39.8 Å². The predicted molar refractivity (Wildman–Crippen MR) is 126 cm³/mol. The lowest BCUT2D eigenvalue weighted by molar-refractivity contribution is -0.384. The summed E-state index contributed by atoms with van der Waals surface area (Å²) in [5.41, 5.74) is 0.818. The summed E-state index contributed by atoms with van der Waals surface area (Å²) >= 11 is 6.05. The second-order valence-corrected chi connectivity index (χ2v) is 8.63. The largest absolute Gasteiger partial charge is 0.380 e. The van der Waals surface area contributed by atoms with Crippen LogP contribution in [0.3, 0.4) is 0 Å². The third kappa shape index (κ3) is 6.95. The van der Waals surface area contributed by atoms with Gasteiger partial charge in [0.2, 0.25) is 5.91 Å². The van der Waals surface area contributed by atoms with Crippen LogP contribution in [0.25, 0.3) is 0 Å². The lowest BCUT2D eigenvalue weighted by atomic mass is 10.0. The number of rotatable bonds is 10. The number of benzene rings is 2. The highest BCUT2D eigenvalue weighted by atomic mass is 35.5. The van der Waals surface area contributed by atoms with Crippen LogP contribution in [-0.4, -0.2) is 35.4 Å². The van der Waals surface area contributed by atoms with Crippen molar-refractivity contribution in [1.29, 1.82) is 0 Å². The molecule has 0 saturated carbocycles. The third-order valence-electron chi connectivity index (χ3n) is 5.07. The maximum atomic E-state index is 12.9. The number of halogens is 1. The first-order valence-corrected chi connectivity index (χ1v) is 10.8. The summed E-state index contributed by atoms with van der Waals surface area (Å²) in [7, 11) is 0. The van der Waals surface area contributed by atoms with Gasteiger partial charge in [-0.2, -0.15) is 0 Å². The number of nitro groups is 1.